The highest BCUT2D eigenvalue weighted by atomic mass is 16.2. The van der Waals surface area contributed by atoms with E-state index in [0.717, 1.165) is 16.8 Å². The van der Waals surface area contributed by atoms with Gasteiger partial charge in [0.05, 0.1) is 23.8 Å². The Labute approximate surface area is 183 Å². The predicted octanol–water partition coefficient (Wildman–Crippen LogP) is 3.40. The number of aromatic amines is 1. The molecule has 158 valence electrons. The third kappa shape index (κ3) is 3.67. The molecule has 0 saturated heterocycles. The minimum Gasteiger partial charge on any atom is -0.365 e. The molecule has 0 aliphatic carbocycles. The highest BCUT2D eigenvalue weighted by Crippen LogP contribution is 2.29. The zero-order chi connectivity index (χ0) is 21.9. The number of fused-ring (bicyclic) bond motifs is 1. The van der Waals surface area contributed by atoms with Crippen molar-refractivity contribution in [2.45, 2.75) is 6.54 Å². The average Bonchev–Trinajstić information content (AvgIpc) is 3.48. The van der Waals surface area contributed by atoms with Gasteiger partial charge in [0.1, 0.15) is 5.69 Å². The predicted molar refractivity (Wildman–Crippen MR) is 121 cm³/mol. The van der Waals surface area contributed by atoms with Gasteiger partial charge in [-0.25, -0.2) is 9.50 Å². The minimum absolute atomic E-state index is 0.274. The van der Waals surface area contributed by atoms with Gasteiger partial charge in [-0.3, -0.25) is 14.9 Å². The van der Waals surface area contributed by atoms with Crippen LogP contribution in [0.25, 0.3) is 16.9 Å². The number of benzene rings is 1. The normalized spacial score (nSPS) is 10.9. The van der Waals surface area contributed by atoms with Crippen LogP contribution in [0.15, 0.2) is 79.5 Å². The Morgan fingerprint density at radius 1 is 1.09 bits per heavy atom. The van der Waals surface area contributed by atoms with E-state index in [1.807, 2.05) is 48.3 Å². The molecule has 4 heterocycles. The van der Waals surface area contributed by atoms with Crippen LogP contribution in [-0.2, 0) is 6.54 Å². The number of aromatic nitrogens is 6. The molecule has 5 rings (SSSR count). The van der Waals surface area contributed by atoms with Gasteiger partial charge in [0.2, 0.25) is 0 Å². The van der Waals surface area contributed by atoms with Gasteiger partial charge in [0.15, 0.2) is 11.3 Å². The summed E-state index contributed by atoms with van der Waals surface area (Å²) in [5.41, 5.74) is 4.82. The monoisotopic (exact) mass is 424 g/mol. The first-order chi connectivity index (χ1) is 15.7. The first kappa shape index (κ1) is 19.4. The molecule has 0 saturated carbocycles. The van der Waals surface area contributed by atoms with E-state index in [4.69, 9.17) is 0 Å². The smallest absolute Gasteiger partial charge is 0.278 e. The van der Waals surface area contributed by atoms with Gasteiger partial charge in [0, 0.05) is 37.7 Å². The number of nitrogens with zero attached hydrogens (tertiary/aromatic N) is 6. The highest BCUT2D eigenvalue weighted by molar-refractivity contribution is 6.08. The molecule has 1 amide bonds. The van der Waals surface area contributed by atoms with Crippen LogP contribution in [0.5, 0.6) is 0 Å². The Bertz CT molecular complexity index is 1350. The molecule has 5 aromatic rings. The summed E-state index contributed by atoms with van der Waals surface area (Å²) < 4.78 is 1.68. The Morgan fingerprint density at radius 3 is 2.72 bits per heavy atom. The molecule has 0 aliphatic rings. The number of hydrogen-bond donors (Lipinski definition) is 2. The third-order valence-electron chi connectivity index (χ3n) is 5.07. The Morgan fingerprint density at radius 2 is 1.97 bits per heavy atom. The molecular weight excluding hydrogens is 404 g/mol. The van der Waals surface area contributed by atoms with Crippen molar-refractivity contribution in [2.75, 3.05) is 17.3 Å². The van der Waals surface area contributed by atoms with Crippen molar-refractivity contribution in [2.24, 2.45) is 0 Å². The molecule has 0 unspecified atom stereocenters. The van der Waals surface area contributed by atoms with Crippen LogP contribution in [0, 0.1) is 0 Å². The molecule has 0 atom stereocenters. The SMILES string of the molecule is CN(Cc1ccccc1)c1c(C(=O)Nc2cccnc2)nn2c(-c3cn[nH]c3)ccnc12. The summed E-state index contributed by atoms with van der Waals surface area (Å²) in [6, 6.07) is 15.4. The zero-order valence-corrected chi connectivity index (χ0v) is 17.3. The van der Waals surface area contributed by atoms with Crippen LogP contribution in [-0.4, -0.2) is 42.7 Å². The molecular formula is C23H20N8O. The highest BCUT2D eigenvalue weighted by Gasteiger charge is 2.25. The zero-order valence-electron chi connectivity index (χ0n) is 17.3. The van der Waals surface area contributed by atoms with Crippen LogP contribution in [0.3, 0.4) is 0 Å². The Hall–Kier alpha value is -4.53. The van der Waals surface area contributed by atoms with Crippen LogP contribution in [0.2, 0.25) is 0 Å². The fourth-order valence-corrected chi connectivity index (χ4v) is 3.61. The number of hydrogen-bond acceptors (Lipinski definition) is 6. The van der Waals surface area contributed by atoms with E-state index in [-0.39, 0.29) is 11.6 Å². The average molecular weight is 424 g/mol. The topological polar surface area (TPSA) is 104 Å². The first-order valence-electron chi connectivity index (χ1n) is 10.0. The van der Waals surface area contributed by atoms with Crippen molar-refractivity contribution >= 4 is 22.9 Å². The van der Waals surface area contributed by atoms with Gasteiger partial charge < -0.3 is 10.2 Å². The second kappa shape index (κ2) is 8.31. The van der Waals surface area contributed by atoms with Crippen molar-refractivity contribution in [3.8, 4) is 11.3 Å². The van der Waals surface area contributed by atoms with E-state index in [1.165, 1.54) is 0 Å². The molecule has 9 nitrogen and oxygen atoms in total. The van der Waals surface area contributed by atoms with Gasteiger partial charge in [-0.05, 0) is 23.8 Å². The summed E-state index contributed by atoms with van der Waals surface area (Å²) in [5, 5.41) is 14.4. The number of anilines is 2. The molecule has 0 spiro atoms. The maximum Gasteiger partial charge on any atom is 0.278 e. The molecule has 2 N–H and O–H groups in total. The summed E-state index contributed by atoms with van der Waals surface area (Å²) in [4.78, 5) is 23.9. The number of carbonyl (C=O) groups is 1. The standard InChI is InChI=1S/C23H20N8O/c1-30(15-16-6-3-2-4-7-16)21-20(23(32)28-18-8-5-10-24-14-18)29-31-19(9-11-25-22(21)31)17-12-26-27-13-17/h2-14H,15H2,1H3,(H,26,27)(H,28,32). The van der Waals surface area contributed by atoms with Crippen molar-refractivity contribution in [1.29, 1.82) is 0 Å². The van der Waals surface area contributed by atoms with Crippen LogP contribution in [0.4, 0.5) is 11.4 Å². The summed E-state index contributed by atoms with van der Waals surface area (Å²) in [5.74, 6) is -0.337. The van der Waals surface area contributed by atoms with E-state index in [2.05, 4.69) is 30.6 Å². The van der Waals surface area contributed by atoms with Crippen molar-refractivity contribution in [3.05, 3.63) is 90.8 Å². The number of rotatable bonds is 6. The fraction of sp³-hybridized carbons (Fsp3) is 0.0870. The van der Waals surface area contributed by atoms with Gasteiger partial charge >= 0.3 is 0 Å². The van der Waals surface area contributed by atoms with E-state index >= 15 is 0 Å². The number of amides is 1. The van der Waals surface area contributed by atoms with Gasteiger partial charge in [-0.1, -0.05) is 30.3 Å². The number of nitrogens with one attached hydrogen (secondary N) is 2. The number of carbonyl (C=O) groups excluding carboxylic acids is 1. The summed E-state index contributed by atoms with van der Waals surface area (Å²) >= 11 is 0. The lowest BCUT2D eigenvalue weighted by atomic mass is 10.2. The molecule has 1 aromatic carbocycles. The van der Waals surface area contributed by atoms with Gasteiger partial charge in [0.25, 0.3) is 5.91 Å². The Kier molecular flexibility index (Phi) is 5.04. The lowest BCUT2D eigenvalue weighted by Crippen LogP contribution is -2.21. The van der Waals surface area contributed by atoms with Gasteiger partial charge in [-0.2, -0.15) is 10.2 Å². The second-order valence-corrected chi connectivity index (χ2v) is 7.29. The van der Waals surface area contributed by atoms with E-state index in [1.54, 1.807) is 47.6 Å². The van der Waals surface area contributed by atoms with Gasteiger partial charge in [-0.15, -0.1) is 0 Å². The maximum atomic E-state index is 13.3. The van der Waals surface area contributed by atoms with Crippen molar-refractivity contribution in [3.63, 3.8) is 0 Å². The summed E-state index contributed by atoms with van der Waals surface area (Å²) in [6.07, 6.45) is 8.44. The molecule has 9 heteroatoms. The second-order valence-electron chi connectivity index (χ2n) is 7.29. The van der Waals surface area contributed by atoms with Crippen molar-refractivity contribution in [1.82, 2.24) is 29.8 Å². The first-order valence-corrected chi connectivity index (χ1v) is 10.0. The summed E-state index contributed by atoms with van der Waals surface area (Å²) in [6.45, 7) is 0.590. The van der Waals surface area contributed by atoms with Crippen LogP contribution >= 0.6 is 0 Å². The fourth-order valence-electron chi connectivity index (χ4n) is 3.61. The van der Waals surface area contributed by atoms with E-state index < -0.39 is 0 Å². The van der Waals surface area contributed by atoms with E-state index in [9.17, 15) is 4.79 Å². The van der Waals surface area contributed by atoms with Crippen LogP contribution < -0.4 is 10.2 Å². The molecule has 0 bridgehead atoms. The Balaban J connectivity index is 1.62. The maximum absolute atomic E-state index is 13.3. The van der Waals surface area contributed by atoms with E-state index in [0.29, 0.717) is 23.6 Å². The minimum atomic E-state index is -0.337. The number of pyridine rings is 1. The van der Waals surface area contributed by atoms with Crippen molar-refractivity contribution < 1.29 is 4.79 Å². The number of H-pyrrole nitrogens is 1. The summed E-state index contributed by atoms with van der Waals surface area (Å²) in [7, 11) is 1.93. The molecule has 32 heavy (non-hydrogen) atoms. The molecule has 0 aliphatic heterocycles. The molecule has 0 radical (unpaired) electrons. The van der Waals surface area contributed by atoms with Crippen LogP contribution in [0.1, 0.15) is 16.1 Å². The lowest BCUT2D eigenvalue weighted by Gasteiger charge is -2.19. The largest absolute Gasteiger partial charge is 0.365 e. The third-order valence-corrected chi connectivity index (χ3v) is 5.07. The molecule has 0 fully saturated rings. The lowest BCUT2D eigenvalue weighted by molar-refractivity contribution is 0.102. The molecule has 4 aromatic heterocycles. The quantitative estimate of drug-likeness (QED) is 0.433.